The number of aryl methyl sites for hydroxylation is 1. The number of nitro benzene ring substituents is 1. The highest BCUT2D eigenvalue weighted by Crippen LogP contribution is 2.22. The number of benzene rings is 3. The van der Waals surface area contributed by atoms with Crippen LogP contribution in [0.2, 0.25) is 0 Å². The number of nitrogens with zero attached hydrogens (tertiary/aromatic N) is 2. The number of para-hydroxylation sites is 1. The Balaban J connectivity index is 2.00. The molecule has 0 aliphatic heterocycles. The van der Waals surface area contributed by atoms with E-state index in [0.717, 1.165) is 16.7 Å². The lowest BCUT2D eigenvalue weighted by molar-refractivity contribution is -0.385. The van der Waals surface area contributed by atoms with E-state index in [1.165, 1.54) is 6.07 Å². The van der Waals surface area contributed by atoms with Crippen molar-refractivity contribution in [2.45, 2.75) is 39.3 Å². The molecule has 34 heavy (non-hydrogen) atoms. The molecular formula is C27H29N3O4. The lowest BCUT2D eigenvalue weighted by Gasteiger charge is -2.31. The van der Waals surface area contributed by atoms with E-state index in [0.29, 0.717) is 18.5 Å². The normalized spacial score (nSPS) is 11.5. The highest BCUT2D eigenvalue weighted by molar-refractivity contribution is 5.89. The van der Waals surface area contributed by atoms with E-state index in [2.05, 4.69) is 5.32 Å². The summed E-state index contributed by atoms with van der Waals surface area (Å²) in [4.78, 5) is 39.3. The number of nitrogens with one attached hydrogen (secondary N) is 1. The van der Waals surface area contributed by atoms with Gasteiger partial charge in [0.1, 0.15) is 6.04 Å². The smallest absolute Gasteiger partial charge is 0.273 e. The summed E-state index contributed by atoms with van der Waals surface area (Å²) in [7, 11) is 0. The second kappa shape index (κ2) is 11.7. The molecule has 3 rings (SSSR count). The molecule has 1 atom stereocenters. The molecule has 3 aromatic rings. The summed E-state index contributed by atoms with van der Waals surface area (Å²) in [5.74, 6) is -0.599. The highest BCUT2D eigenvalue weighted by atomic mass is 16.6. The van der Waals surface area contributed by atoms with E-state index in [-0.39, 0.29) is 30.5 Å². The maximum Gasteiger partial charge on any atom is 0.273 e. The van der Waals surface area contributed by atoms with Crippen LogP contribution < -0.4 is 5.32 Å². The summed E-state index contributed by atoms with van der Waals surface area (Å²) in [5, 5.41) is 14.3. The van der Waals surface area contributed by atoms with Crippen molar-refractivity contribution < 1.29 is 14.5 Å². The highest BCUT2D eigenvalue weighted by Gasteiger charge is 2.31. The summed E-state index contributed by atoms with van der Waals surface area (Å²) >= 11 is 0. The summed E-state index contributed by atoms with van der Waals surface area (Å²) in [6.45, 7) is 4.45. The van der Waals surface area contributed by atoms with Crippen molar-refractivity contribution in [2.75, 3.05) is 6.54 Å². The molecule has 0 aliphatic carbocycles. The molecule has 1 N–H and O–H groups in total. The minimum atomic E-state index is -0.766. The molecule has 0 radical (unpaired) electrons. The third-order valence-corrected chi connectivity index (χ3v) is 5.59. The number of carbonyl (C=O) groups excluding carboxylic acids is 2. The first-order valence-electron chi connectivity index (χ1n) is 11.3. The van der Waals surface area contributed by atoms with Gasteiger partial charge in [-0.25, -0.2) is 0 Å². The van der Waals surface area contributed by atoms with E-state index >= 15 is 0 Å². The minimum Gasteiger partial charge on any atom is -0.355 e. The molecule has 0 aliphatic rings. The van der Waals surface area contributed by atoms with Crippen LogP contribution in [0.1, 0.15) is 29.2 Å². The molecule has 0 fully saturated rings. The van der Waals surface area contributed by atoms with Crippen LogP contribution in [0.4, 0.5) is 5.69 Å². The fourth-order valence-corrected chi connectivity index (χ4v) is 3.96. The van der Waals surface area contributed by atoms with Crippen LogP contribution in [0.3, 0.4) is 0 Å². The van der Waals surface area contributed by atoms with Gasteiger partial charge in [0, 0.05) is 31.1 Å². The first-order chi connectivity index (χ1) is 16.4. The first kappa shape index (κ1) is 24.6. The van der Waals surface area contributed by atoms with Gasteiger partial charge in [-0.05, 0) is 25.0 Å². The van der Waals surface area contributed by atoms with Gasteiger partial charge in [-0.3, -0.25) is 19.7 Å². The van der Waals surface area contributed by atoms with E-state index < -0.39 is 11.0 Å². The second-order valence-corrected chi connectivity index (χ2v) is 8.17. The number of likely N-dealkylation sites (N-methyl/N-ethyl adjacent to an activating group) is 1. The van der Waals surface area contributed by atoms with E-state index in [1.807, 2.05) is 68.4 Å². The predicted molar refractivity (Wildman–Crippen MR) is 131 cm³/mol. The molecule has 0 heterocycles. The molecule has 7 heteroatoms. The average Bonchev–Trinajstić information content (AvgIpc) is 2.82. The summed E-state index contributed by atoms with van der Waals surface area (Å²) in [5.41, 5.74) is 3.07. The molecule has 1 unspecified atom stereocenters. The number of rotatable bonds is 10. The van der Waals surface area contributed by atoms with Crippen molar-refractivity contribution in [1.29, 1.82) is 0 Å². The lowest BCUT2D eigenvalue weighted by atomic mass is 10.0. The Morgan fingerprint density at radius 2 is 1.65 bits per heavy atom. The molecule has 0 saturated heterocycles. The van der Waals surface area contributed by atoms with Crippen LogP contribution in [0.15, 0.2) is 78.9 Å². The van der Waals surface area contributed by atoms with Gasteiger partial charge in [0.2, 0.25) is 11.8 Å². The number of hydrogen-bond donors (Lipinski definition) is 1. The van der Waals surface area contributed by atoms with Crippen LogP contribution >= 0.6 is 0 Å². The fourth-order valence-electron chi connectivity index (χ4n) is 3.96. The minimum absolute atomic E-state index is 0.107. The van der Waals surface area contributed by atoms with E-state index in [1.54, 1.807) is 23.1 Å². The zero-order chi connectivity index (χ0) is 24.5. The van der Waals surface area contributed by atoms with Crippen molar-refractivity contribution in [1.82, 2.24) is 10.2 Å². The Kier molecular flexibility index (Phi) is 8.51. The Morgan fingerprint density at radius 3 is 2.32 bits per heavy atom. The van der Waals surface area contributed by atoms with Crippen LogP contribution in [0.5, 0.6) is 0 Å². The van der Waals surface area contributed by atoms with Gasteiger partial charge in [0.05, 0.1) is 11.3 Å². The maximum atomic E-state index is 13.6. The number of carbonyl (C=O) groups is 2. The molecule has 2 amide bonds. The Hall–Kier alpha value is -4.00. The van der Waals surface area contributed by atoms with Crippen LogP contribution in [-0.4, -0.2) is 34.2 Å². The van der Waals surface area contributed by atoms with Gasteiger partial charge in [-0.1, -0.05) is 78.4 Å². The quantitative estimate of drug-likeness (QED) is 0.363. The van der Waals surface area contributed by atoms with Crippen LogP contribution in [-0.2, 0) is 29.0 Å². The molecule has 0 spiro atoms. The number of hydrogen-bond acceptors (Lipinski definition) is 4. The molecule has 0 aromatic heterocycles. The average molecular weight is 460 g/mol. The third kappa shape index (κ3) is 6.51. The van der Waals surface area contributed by atoms with Crippen LogP contribution in [0.25, 0.3) is 0 Å². The van der Waals surface area contributed by atoms with Gasteiger partial charge in [-0.2, -0.15) is 0 Å². The molecule has 7 nitrogen and oxygen atoms in total. The Labute approximate surface area is 199 Å². The van der Waals surface area contributed by atoms with E-state index in [9.17, 15) is 19.7 Å². The maximum absolute atomic E-state index is 13.6. The van der Waals surface area contributed by atoms with Gasteiger partial charge in [-0.15, -0.1) is 0 Å². The predicted octanol–water partition coefficient (Wildman–Crippen LogP) is 4.22. The summed E-state index contributed by atoms with van der Waals surface area (Å²) in [6, 6.07) is 22.7. The standard InChI is InChI=1S/C27H29N3O4/c1-3-28-27(32)25(17-21-11-5-4-6-12-21)29(19-22-13-9-10-20(2)16-22)26(31)18-23-14-7-8-15-24(23)30(33)34/h4-16,25H,3,17-19H2,1-2H3,(H,28,32). The van der Waals surface area contributed by atoms with Gasteiger partial charge in [0.25, 0.3) is 5.69 Å². The number of nitro groups is 1. The lowest BCUT2D eigenvalue weighted by Crippen LogP contribution is -2.51. The largest absolute Gasteiger partial charge is 0.355 e. The summed E-state index contributed by atoms with van der Waals surface area (Å²) < 4.78 is 0. The van der Waals surface area contributed by atoms with Crippen molar-refractivity contribution >= 4 is 17.5 Å². The molecule has 3 aromatic carbocycles. The van der Waals surface area contributed by atoms with Crippen molar-refractivity contribution in [3.8, 4) is 0 Å². The molecule has 0 saturated carbocycles. The fraction of sp³-hybridized carbons (Fsp3) is 0.259. The SMILES string of the molecule is CCNC(=O)C(Cc1ccccc1)N(Cc1cccc(C)c1)C(=O)Cc1ccccc1[N+](=O)[O-]. The first-order valence-corrected chi connectivity index (χ1v) is 11.3. The topological polar surface area (TPSA) is 92.6 Å². The molecule has 176 valence electrons. The monoisotopic (exact) mass is 459 g/mol. The zero-order valence-corrected chi connectivity index (χ0v) is 19.4. The third-order valence-electron chi connectivity index (χ3n) is 5.59. The van der Waals surface area contributed by atoms with E-state index in [4.69, 9.17) is 0 Å². The second-order valence-electron chi connectivity index (χ2n) is 8.17. The van der Waals surface area contributed by atoms with Crippen molar-refractivity contribution in [3.63, 3.8) is 0 Å². The molecular weight excluding hydrogens is 430 g/mol. The van der Waals surface area contributed by atoms with Gasteiger partial charge in [0.15, 0.2) is 0 Å². The van der Waals surface area contributed by atoms with Gasteiger partial charge >= 0.3 is 0 Å². The summed E-state index contributed by atoms with van der Waals surface area (Å²) in [6.07, 6.45) is 0.161. The van der Waals surface area contributed by atoms with Crippen molar-refractivity contribution in [3.05, 3.63) is 111 Å². The number of amides is 2. The molecule has 0 bridgehead atoms. The Morgan fingerprint density at radius 1 is 0.971 bits per heavy atom. The van der Waals surface area contributed by atoms with Crippen molar-refractivity contribution in [2.24, 2.45) is 0 Å². The zero-order valence-electron chi connectivity index (χ0n) is 19.4. The van der Waals surface area contributed by atoms with Crippen LogP contribution in [0, 0.1) is 17.0 Å². The Bertz CT molecular complexity index is 1150. The van der Waals surface area contributed by atoms with Gasteiger partial charge < -0.3 is 10.2 Å².